The van der Waals surface area contributed by atoms with E-state index in [1.807, 2.05) is 13.8 Å². The van der Waals surface area contributed by atoms with Crippen molar-refractivity contribution in [3.8, 4) is 0 Å². The number of rotatable bonds is 10. The average Bonchev–Trinajstić information content (AvgIpc) is 2.47. The Kier molecular flexibility index (Phi) is 8.69. The van der Waals surface area contributed by atoms with E-state index in [1.165, 1.54) is 0 Å². The number of nitrogens with one attached hydrogen (secondary N) is 1. The van der Waals surface area contributed by atoms with Crippen LogP contribution < -0.4 is 5.32 Å². The number of nitrogens with zero attached hydrogens (tertiary/aromatic N) is 1. The lowest BCUT2D eigenvalue weighted by Crippen LogP contribution is -2.40. The van der Waals surface area contributed by atoms with E-state index in [2.05, 4.69) is 5.32 Å². The first-order chi connectivity index (χ1) is 11.2. The molecule has 0 bridgehead atoms. The third kappa shape index (κ3) is 8.10. The number of ether oxygens (including phenoxy) is 1. The third-order valence-electron chi connectivity index (χ3n) is 3.19. The second-order valence-corrected chi connectivity index (χ2v) is 8.14. The molecule has 8 heteroatoms. The van der Waals surface area contributed by atoms with Gasteiger partial charge < -0.3 is 10.1 Å². The maximum atomic E-state index is 12.0. The summed E-state index contributed by atoms with van der Waals surface area (Å²) in [5, 5.41) is 3.17. The molecule has 0 aliphatic carbocycles. The highest BCUT2D eigenvalue weighted by molar-refractivity contribution is 7.88. The SMILES string of the molecule is CC(C)OCCCNC(=O)CN(Cc1ccccc1Cl)S(C)(=O)=O. The Morgan fingerprint density at radius 1 is 1.33 bits per heavy atom. The fraction of sp³-hybridized carbons (Fsp3) is 0.562. The van der Waals surface area contributed by atoms with E-state index < -0.39 is 10.0 Å². The largest absolute Gasteiger partial charge is 0.379 e. The third-order valence-corrected chi connectivity index (χ3v) is 4.75. The van der Waals surface area contributed by atoms with E-state index in [1.54, 1.807) is 24.3 Å². The summed E-state index contributed by atoms with van der Waals surface area (Å²) in [4.78, 5) is 12.0. The Balaban J connectivity index is 2.55. The van der Waals surface area contributed by atoms with Crippen LogP contribution in [0.5, 0.6) is 0 Å². The van der Waals surface area contributed by atoms with E-state index in [0.29, 0.717) is 30.2 Å². The fourth-order valence-electron chi connectivity index (χ4n) is 1.94. The molecule has 0 saturated heterocycles. The number of carbonyl (C=O) groups is 1. The van der Waals surface area contributed by atoms with Gasteiger partial charge in [-0.2, -0.15) is 4.31 Å². The summed E-state index contributed by atoms with van der Waals surface area (Å²) in [6, 6.07) is 6.97. The molecule has 136 valence electrons. The molecule has 1 aromatic carbocycles. The van der Waals surface area contributed by atoms with Gasteiger partial charge in [0.15, 0.2) is 0 Å². The van der Waals surface area contributed by atoms with Crippen LogP contribution in [-0.2, 0) is 26.1 Å². The molecule has 0 fully saturated rings. The molecule has 1 rings (SSSR count). The molecule has 0 spiro atoms. The van der Waals surface area contributed by atoms with Crippen LogP contribution in [0.25, 0.3) is 0 Å². The predicted molar refractivity (Wildman–Crippen MR) is 95.4 cm³/mol. The van der Waals surface area contributed by atoms with Crippen LogP contribution in [0, 0.1) is 0 Å². The van der Waals surface area contributed by atoms with Gasteiger partial charge in [-0.25, -0.2) is 8.42 Å². The summed E-state index contributed by atoms with van der Waals surface area (Å²) in [5.74, 6) is -0.350. The van der Waals surface area contributed by atoms with Crippen LogP contribution in [-0.4, -0.2) is 50.7 Å². The second kappa shape index (κ2) is 9.98. The van der Waals surface area contributed by atoms with Gasteiger partial charge in [-0.05, 0) is 31.9 Å². The summed E-state index contributed by atoms with van der Waals surface area (Å²) in [6.07, 6.45) is 1.90. The molecule has 1 amide bonds. The summed E-state index contributed by atoms with van der Waals surface area (Å²) in [6.45, 7) is 4.69. The summed E-state index contributed by atoms with van der Waals surface area (Å²) < 4.78 is 30.3. The highest BCUT2D eigenvalue weighted by Crippen LogP contribution is 2.18. The number of hydrogen-bond donors (Lipinski definition) is 1. The van der Waals surface area contributed by atoms with Crippen molar-refractivity contribution in [1.29, 1.82) is 0 Å². The van der Waals surface area contributed by atoms with Crippen molar-refractivity contribution in [3.63, 3.8) is 0 Å². The van der Waals surface area contributed by atoms with E-state index in [0.717, 1.165) is 10.6 Å². The first-order valence-electron chi connectivity index (χ1n) is 7.77. The van der Waals surface area contributed by atoms with E-state index in [4.69, 9.17) is 16.3 Å². The molecule has 0 aliphatic rings. The molecule has 0 radical (unpaired) electrons. The molecular formula is C16H25ClN2O4S. The lowest BCUT2D eigenvalue weighted by atomic mass is 10.2. The van der Waals surface area contributed by atoms with E-state index in [-0.39, 0.29) is 25.1 Å². The number of amides is 1. The minimum Gasteiger partial charge on any atom is -0.379 e. The van der Waals surface area contributed by atoms with Gasteiger partial charge in [0.1, 0.15) is 0 Å². The fourth-order valence-corrected chi connectivity index (χ4v) is 2.86. The molecule has 0 aromatic heterocycles. The van der Waals surface area contributed by atoms with Gasteiger partial charge in [-0.3, -0.25) is 4.79 Å². The van der Waals surface area contributed by atoms with Crippen LogP contribution >= 0.6 is 11.6 Å². The zero-order valence-corrected chi connectivity index (χ0v) is 15.9. The van der Waals surface area contributed by atoms with Gasteiger partial charge in [0, 0.05) is 24.7 Å². The van der Waals surface area contributed by atoms with Crippen molar-refractivity contribution in [3.05, 3.63) is 34.9 Å². The minimum absolute atomic E-state index is 0.0579. The van der Waals surface area contributed by atoms with Crippen LogP contribution in [0.3, 0.4) is 0 Å². The number of halogens is 1. The summed E-state index contributed by atoms with van der Waals surface area (Å²) >= 11 is 6.06. The molecule has 0 heterocycles. The van der Waals surface area contributed by atoms with E-state index in [9.17, 15) is 13.2 Å². The van der Waals surface area contributed by atoms with Crippen LogP contribution in [0.1, 0.15) is 25.8 Å². The Labute approximate surface area is 149 Å². The van der Waals surface area contributed by atoms with Crippen molar-refractivity contribution in [2.45, 2.75) is 32.9 Å². The molecule has 1 N–H and O–H groups in total. The topological polar surface area (TPSA) is 75.7 Å². The number of hydrogen-bond acceptors (Lipinski definition) is 4. The molecule has 0 saturated carbocycles. The monoisotopic (exact) mass is 376 g/mol. The van der Waals surface area contributed by atoms with Crippen LogP contribution in [0.15, 0.2) is 24.3 Å². The molecule has 1 aromatic rings. The van der Waals surface area contributed by atoms with Gasteiger partial charge in [0.25, 0.3) is 0 Å². The second-order valence-electron chi connectivity index (χ2n) is 5.75. The van der Waals surface area contributed by atoms with Gasteiger partial charge >= 0.3 is 0 Å². The lowest BCUT2D eigenvalue weighted by Gasteiger charge is -2.20. The molecular weight excluding hydrogens is 352 g/mol. The Morgan fingerprint density at radius 2 is 2.00 bits per heavy atom. The number of benzene rings is 1. The molecule has 0 aliphatic heterocycles. The maximum absolute atomic E-state index is 12.0. The maximum Gasteiger partial charge on any atom is 0.235 e. The summed E-state index contributed by atoms with van der Waals surface area (Å²) in [5.41, 5.74) is 0.655. The Hall–Kier alpha value is -1.15. The van der Waals surface area contributed by atoms with Crippen LogP contribution in [0.2, 0.25) is 5.02 Å². The number of sulfonamides is 1. The van der Waals surface area contributed by atoms with Gasteiger partial charge in [0.05, 0.1) is 18.9 Å². The summed E-state index contributed by atoms with van der Waals surface area (Å²) in [7, 11) is -3.53. The molecule has 6 nitrogen and oxygen atoms in total. The van der Waals surface area contributed by atoms with Crippen molar-refractivity contribution in [2.75, 3.05) is 26.0 Å². The minimum atomic E-state index is -3.53. The first kappa shape index (κ1) is 20.9. The van der Waals surface area contributed by atoms with Gasteiger partial charge in [-0.15, -0.1) is 0 Å². The average molecular weight is 377 g/mol. The van der Waals surface area contributed by atoms with Crippen molar-refractivity contribution >= 4 is 27.5 Å². The Bertz CT molecular complexity index is 635. The van der Waals surface area contributed by atoms with Crippen molar-refractivity contribution in [1.82, 2.24) is 9.62 Å². The van der Waals surface area contributed by atoms with E-state index >= 15 is 0 Å². The van der Waals surface area contributed by atoms with Gasteiger partial charge in [-0.1, -0.05) is 29.8 Å². The molecule has 24 heavy (non-hydrogen) atoms. The highest BCUT2D eigenvalue weighted by atomic mass is 35.5. The van der Waals surface area contributed by atoms with Crippen LogP contribution in [0.4, 0.5) is 0 Å². The quantitative estimate of drug-likeness (QED) is 0.634. The molecule has 0 atom stereocenters. The normalized spacial score (nSPS) is 11.9. The van der Waals surface area contributed by atoms with Crippen molar-refractivity contribution in [2.24, 2.45) is 0 Å². The Morgan fingerprint density at radius 3 is 2.58 bits per heavy atom. The number of carbonyl (C=O) groups excluding carboxylic acids is 1. The predicted octanol–water partition coefficient (Wildman–Crippen LogP) is 2.03. The zero-order valence-electron chi connectivity index (χ0n) is 14.3. The van der Waals surface area contributed by atoms with Gasteiger partial charge in [0.2, 0.25) is 15.9 Å². The zero-order chi connectivity index (χ0) is 18.2. The smallest absolute Gasteiger partial charge is 0.235 e. The molecule has 0 unspecified atom stereocenters. The van der Waals surface area contributed by atoms with Crippen molar-refractivity contribution < 1.29 is 17.9 Å². The first-order valence-corrected chi connectivity index (χ1v) is 9.99. The lowest BCUT2D eigenvalue weighted by molar-refractivity contribution is -0.121. The standard InChI is InChI=1S/C16H25ClN2O4S/c1-13(2)23-10-6-9-18-16(20)12-19(24(3,21)22)11-14-7-4-5-8-15(14)17/h4-5,7-8,13H,6,9-12H2,1-3H3,(H,18,20). The highest BCUT2D eigenvalue weighted by Gasteiger charge is 2.21.